The topological polar surface area (TPSA) is 29.3 Å². The highest BCUT2D eigenvalue weighted by Gasteiger charge is 2.31. The highest BCUT2D eigenvalue weighted by Crippen LogP contribution is 2.38. The molecule has 0 saturated carbocycles. The number of hydrogen-bond donors (Lipinski definition) is 0. The molecular formula is C37H47B23N2O. The summed E-state index contributed by atoms with van der Waals surface area (Å²) in [5.41, 5.74) is 37.0. The van der Waals surface area contributed by atoms with Gasteiger partial charge < -0.3 is 9.32 Å². The molecule has 0 N–H and O–H groups in total. The van der Waals surface area contributed by atoms with Crippen molar-refractivity contribution in [3.63, 3.8) is 0 Å². The van der Waals surface area contributed by atoms with Gasteiger partial charge >= 0.3 is 0 Å². The van der Waals surface area contributed by atoms with Crippen molar-refractivity contribution < 1.29 is 4.42 Å². The van der Waals surface area contributed by atoms with Crippen LogP contribution in [0, 0.1) is 0 Å². The minimum absolute atomic E-state index is 0.711. The molecule has 0 aliphatic heterocycles. The molecule has 8 aromatic rings. The summed E-state index contributed by atoms with van der Waals surface area (Å²) in [5, 5.41) is 7.59. The summed E-state index contributed by atoms with van der Waals surface area (Å²) in [4.78, 5) is 8.43. The molecule has 0 radical (unpaired) electrons. The maximum atomic E-state index is 7.35. The van der Waals surface area contributed by atoms with E-state index in [4.69, 9.17) is 9.40 Å². The zero-order chi connectivity index (χ0) is 46.5. The van der Waals surface area contributed by atoms with Crippen LogP contribution < -0.4 is 131 Å². The monoisotopic (exact) mass is 789 g/mol. The van der Waals surface area contributed by atoms with Crippen molar-refractivity contribution >= 4 is 367 Å². The second-order valence-corrected chi connectivity index (χ2v) is 19.8. The molecule has 0 bridgehead atoms. The lowest BCUT2D eigenvalue weighted by Gasteiger charge is -2.38. The molecule has 63 heavy (non-hydrogen) atoms. The Kier molecular flexibility index (Phi) is 11.3. The fraction of sp³-hybridized carbons (Fsp3) is 0. The van der Waals surface area contributed by atoms with E-state index in [1.807, 2.05) is 0 Å². The van der Waals surface area contributed by atoms with Crippen molar-refractivity contribution in [1.29, 1.82) is 0 Å². The molecule has 0 atom stereocenters. The highest BCUT2D eigenvalue weighted by atomic mass is 16.3. The summed E-state index contributed by atoms with van der Waals surface area (Å²) in [5.74, 6) is 0.711. The maximum absolute atomic E-state index is 7.35. The lowest BCUT2D eigenvalue weighted by atomic mass is 9.60. The molecule has 280 valence electrons. The van der Waals surface area contributed by atoms with Gasteiger partial charge in [-0.3, -0.25) is 0 Å². The molecule has 0 unspecified atom stereocenters. The third-order valence-corrected chi connectivity index (χ3v) is 17.3. The van der Waals surface area contributed by atoms with Gasteiger partial charge in [0.2, 0.25) is 5.89 Å². The van der Waals surface area contributed by atoms with Gasteiger partial charge in [-0.25, -0.2) is 4.98 Å². The summed E-state index contributed by atoms with van der Waals surface area (Å²) < 4.78 is 7.35. The minimum atomic E-state index is 0.711. The standard InChI is InChI=1S/C37H47B23N2O/c38-2-1-3(39)33(28(57)11(2)40)62(35-30(59)26(55)25(54)27(56)31(35)60)34-19(48)6-7-4(12(41)14(43)8(6)15(44)29(34)58)5-9(16(45)21(50)20(49)13(5)42)36-32(7)61-37(63-36)10-17(46)22(51)24(53)23(52)18(10)47/h1H,38-60H2. The number of fused-ring (bicyclic) bond motifs is 8. The normalized spacial score (nSPS) is 11.7. The first kappa shape index (κ1) is 45.6. The van der Waals surface area contributed by atoms with E-state index in [-0.39, 0.29) is 0 Å². The van der Waals surface area contributed by atoms with Gasteiger partial charge in [-0.15, -0.1) is 32.8 Å². The van der Waals surface area contributed by atoms with Crippen LogP contribution in [0.15, 0.2) is 10.5 Å². The molecular weight excluding hydrogens is 737 g/mol. The van der Waals surface area contributed by atoms with E-state index in [0.29, 0.717) is 5.89 Å². The molecule has 0 amide bonds. The summed E-state index contributed by atoms with van der Waals surface area (Å²) >= 11 is 0. The van der Waals surface area contributed by atoms with E-state index >= 15 is 0 Å². The van der Waals surface area contributed by atoms with E-state index in [2.05, 4.69) is 191 Å². The quantitative estimate of drug-likeness (QED) is 0.131. The van der Waals surface area contributed by atoms with Crippen molar-refractivity contribution in [2.45, 2.75) is 0 Å². The first-order valence-electron chi connectivity index (χ1n) is 23.1. The van der Waals surface area contributed by atoms with Gasteiger partial charge in [-0.2, -0.15) is 0 Å². The zero-order valence-electron chi connectivity index (χ0n) is 42.9. The summed E-state index contributed by atoms with van der Waals surface area (Å²) in [7, 11) is 53.0. The first-order chi connectivity index (χ1) is 29.4. The second kappa shape index (κ2) is 15.6. The smallest absolute Gasteiger partial charge is 0.226 e. The number of rotatable bonds is 4. The number of oxazole rings is 1. The molecule has 0 spiro atoms. The number of nitrogens with zero attached hydrogens (tertiary/aromatic N) is 2. The minimum Gasteiger partial charge on any atom is -0.435 e. The molecule has 8 rings (SSSR count). The summed E-state index contributed by atoms with van der Waals surface area (Å²) in [6.07, 6.45) is 0. The van der Waals surface area contributed by atoms with Gasteiger partial charge in [-0.05, 0) is 21.5 Å². The Labute approximate surface area is 396 Å². The largest absolute Gasteiger partial charge is 0.435 e. The lowest BCUT2D eigenvalue weighted by Crippen LogP contribution is -2.57. The van der Waals surface area contributed by atoms with Crippen molar-refractivity contribution in [3.8, 4) is 11.5 Å². The molecule has 1 aromatic heterocycles. The molecule has 7 aromatic carbocycles. The van der Waals surface area contributed by atoms with E-state index in [1.54, 1.807) is 0 Å². The number of benzene rings is 7. The van der Waals surface area contributed by atoms with Gasteiger partial charge in [0, 0.05) is 33.4 Å². The third kappa shape index (κ3) is 6.17. The van der Waals surface area contributed by atoms with Crippen LogP contribution in [-0.2, 0) is 0 Å². The molecule has 0 aliphatic rings. The number of anilines is 3. The molecule has 0 fully saturated rings. The molecule has 26 heteroatoms. The van der Waals surface area contributed by atoms with E-state index in [9.17, 15) is 0 Å². The molecule has 0 saturated heterocycles. The fourth-order valence-electron chi connectivity index (χ4n) is 11.8. The van der Waals surface area contributed by atoms with Crippen LogP contribution in [-0.4, -0.2) is 185 Å². The first-order valence-corrected chi connectivity index (χ1v) is 23.1. The van der Waals surface area contributed by atoms with Gasteiger partial charge in [0.25, 0.3) is 0 Å². The SMILES string of the molecule is Bc1cc(B)c(N(c2c(B)c(B)c(B)c(B)c2B)c2c(B)c(B)c3c(B)c(B)c4c5c(B)c(B)c(B)c(B)c5c5oc(-c6c(B)c(B)c(B)c(B)c6B)nc5c4c3c2B)c(B)c1B. The molecule has 1 heterocycles. The highest BCUT2D eigenvalue weighted by molar-refractivity contribution is 6.75. The predicted molar refractivity (Wildman–Crippen MR) is 355 cm³/mol. The van der Waals surface area contributed by atoms with Crippen LogP contribution in [0.5, 0.6) is 0 Å². The number of hydrogen-bond acceptors (Lipinski definition) is 3. The summed E-state index contributed by atoms with van der Waals surface area (Å²) in [6.45, 7) is 0. The molecule has 0 aliphatic carbocycles. The zero-order valence-corrected chi connectivity index (χ0v) is 42.9. The van der Waals surface area contributed by atoms with Crippen molar-refractivity contribution in [2.75, 3.05) is 4.90 Å². The van der Waals surface area contributed by atoms with Gasteiger partial charge in [-0.1, -0.05) is 98.9 Å². The molecule has 3 nitrogen and oxygen atoms in total. The Balaban J connectivity index is 1.71. The van der Waals surface area contributed by atoms with Gasteiger partial charge in [0.1, 0.15) is 186 Å². The summed E-state index contributed by atoms with van der Waals surface area (Å²) in [6, 6.07) is 2.39. The number of aromatic nitrogens is 1. The van der Waals surface area contributed by atoms with Crippen LogP contribution in [0.4, 0.5) is 17.1 Å². The van der Waals surface area contributed by atoms with Crippen LogP contribution >= 0.6 is 0 Å². The van der Waals surface area contributed by atoms with Crippen molar-refractivity contribution in [3.05, 3.63) is 6.07 Å². The fourth-order valence-corrected chi connectivity index (χ4v) is 11.8. The van der Waals surface area contributed by atoms with Crippen LogP contribution in [0.3, 0.4) is 0 Å². The second-order valence-electron chi connectivity index (χ2n) is 19.8. The predicted octanol–water partition coefficient (Wildman–Crippen LogP) is -29.6. The third-order valence-electron chi connectivity index (χ3n) is 17.3. The Morgan fingerprint density at radius 2 is 0.651 bits per heavy atom. The van der Waals surface area contributed by atoms with Crippen molar-refractivity contribution in [2.24, 2.45) is 0 Å². The van der Waals surface area contributed by atoms with E-state index < -0.39 is 0 Å². The average molecular weight is 784 g/mol. The Morgan fingerprint density at radius 1 is 0.302 bits per heavy atom. The Morgan fingerprint density at radius 3 is 1.19 bits per heavy atom. The maximum Gasteiger partial charge on any atom is 0.226 e. The van der Waals surface area contributed by atoms with E-state index in [1.165, 1.54) is 175 Å². The van der Waals surface area contributed by atoms with Crippen LogP contribution in [0.2, 0.25) is 0 Å². The Hall–Kier alpha value is -3.92. The van der Waals surface area contributed by atoms with Crippen LogP contribution in [0.25, 0.3) is 54.9 Å². The van der Waals surface area contributed by atoms with Crippen LogP contribution in [0.1, 0.15) is 0 Å². The Bertz CT molecular complexity index is 3400. The average Bonchev–Trinajstić information content (AvgIpc) is 3.68. The van der Waals surface area contributed by atoms with Gasteiger partial charge in [0.05, 0.1) is 0 Å². The van der Waals surface area contributed by atoms with Crippen molar-refractivity contribution in [1.82, 2.24) is 4.98 Å². The van der Waals surface area contributed by atoms with E-state index in [0.717, 1.165) is 16.7 Å². The lowest BCUT2D eigenvalue weighted by molar-refractivity contribution is 0.624. The van der Waals surface area contributed by atoms with Gasteiger partial charge in [0.15, 0.2) is 5.58 Å².